The highest BCUT2D eigenvalue weighted by molar-refractivity contribution is 5.93. The molecule has 6 heterocycles. The first kappa shape index (κ1) is 18.2. The van der Waals surface area contributed by atoms with Crippen molar-refractivity contribution in [2.45, 2.75) is 76.0 Å². The molecule has 6 aliphatic heterocycles. The fraction of sp³-hybridized carbons (Fsp3) is 0.773. The first-order chi connectivity index (χ1) is 13.9. The predicted molar refractivity (Wildman–Crippen MR) is 101 cm³/mol. The summed E-state index contributed by atoms with van der Waals surface area (Å²) in [4.78, 5) is 14.7. The van der Waals surface area contributed by atoms with Gasteiger partial charge in [0.25, 0.3) is 0 Å². The third-order valence-electron chi connectivity index (χ3n) is 8.52. The topological polar surface area (TPSA) is 77.5 Å². The van der Waals surface area contributed by atoms with Crippen LogP contribution in [-0.4, -0.2) is 59.2 Å². The molecule has 6 rings (SSSR count). The number of unbranched alkanes of at least 4 members (excludes halogenated alkanes) is 1. The monoisotopic (exact) mass is 403 g/mol. The van der Waals surface area contributed by atoms with Crippen LogP contribution in [0.4, 0.5) is 0 Å². The molecule has 9 atom stereocenters. The van der Waals surface area contributed by atoms with Crippen LogP contribution in [-0.2, 0) is 23.7 Å². The number of aliphatic hydroxyl groups excluding tert-OH is 1. The van der Waals surface area contributed by atoms with E-state index in [1.807, 2.05) is 0 Å². The second kappa shape index (κ2) is 5.56. The summed E-state index contributed by atoms with van der Waals surface area (Å²) >= 11 is 0. The highest BCUT2D eigenvalue weighted by Crippen LogP contribution is 2.73. The molecule has 5 saturated heterocycles. The van der Waals surface area contributed by atoms with Crippen LogP contribution in [0.5, 0.6) is 0 Å². The largest absolute Gasteiger partial charge is 0.492 e. The van der Waals surface area contributed by atoms with Gasteiger partial charge in [0, 0.05) is 18.5 Å². The van der Waals surface area contributed by atoms with E-state index in [1.54, 1.807) is 14.0 Å². The van der Waals surface area contributed by atoms with Crippen molar-refractivity contribution in [1.29, 1.82) is 0 Å². The maximum absolute atomic E-state index is 12.2. The van der Waals surface area contributed by atoms with Gasteiger partial charge in [0.15, 0.2) is 5.76 Å². The van der Waals surface area contributed by atoms with E-state index in [9.17, 15) is 9.90 Å². The number of carbonyl (C=O) groups excluding carboxylic acids is 1. The molecule has 5 bridgehead atoms. The van der Waals surface area contributed by atoms with Crippen LogP contribution in [0.1, 0.15) is 46.5 Å². The summed E-state index contributed by atoms with van der Waals surface area (Å²) in [6.45, 7) is 6.74. The molecule has 7 heteroatoms. The van der Waals surface area contributed by atoms with E-state index in [-0.39, 0.29) is 29.4 Å². The SMILES string of the molecule is CCCCC12C3CC4C5C(C)C(=C6OC(=O)C(C)=C6OC)OC5(O3)C1C(O)CN42. The first-order valence-corrected chi connectivity index (χ1v) is 10.9. The van der Waals surface area contributed by atoms with E-state index >= 15 is 0 Å². The molecule has 1 spiro atoms. The maximum Gasteiger partial charge on any atom is 0.343 e. The van der Waals surface area contributed by atoms with E-state index in [0.717, 1.165) is 25.7 Å². The number of hydrogen-bond donors (Lipinski definition) is 1. The molecule has 7 nitrogen and oxygen atoms in total. The van der Waals surface area contributed by atoms with Crippen molar-refractivity contribution in [3.05, 3.63) is 22.9 Å². The Morgan fingerprint density at radius 2 is 2.17 bits per heavy atom. The van der Waals surface area contributed by atoms with Gasteiger partial charge in [-0.2, -0.15) is 0 Å². The fourth-order valence-electron chi connectivity index (χ4n) is 7.65. The number of ether oxygens (including phenoxy) is 4. The zero-order valence-corrected chi connectivity index (χ0v) is 17.4. The second-order valence-electron chi connectivity index (χ2n) is 9.58. The molecule has 0 aromatic rings. The number of hydrogen-bond acceptors (Lipinski definition) is 7. The molecule has 0 aliphatic carbocycles. The number of allylic oxidation sites excluding steroid dienone is 1. The lowest BCUT2D eigenvalue weighted by Crippen LogP contribution is -2.62. The number of rotatable bonds is 4. The zero-order chi connectivity index (χ0) is 20.3. The minimum Gasteiger partial charge on any atom is -0.492 e. The summed E-state index contributed by atoms with van der Waals surface area (Å²) in [7, 11) is 1.54. The van der Waals surface area contributed by atoms with E-state index < -0.39 is 17.9 Å². The molecule has 29 heavy (non-hydrogen) atoms. The van der Waals surface area contributed by atoms with E-state index in [2.05, 4.69) is 18.7 Å². The van der Waals surface area contributed by atoms with E-state index in [0.29, 0.717) is 35.4 Å². The van der Waals surface area contributed by atoms with Crippen molar-refractivity contribution in [1.82, 2.24) is 4.90 Å². The maximum atomic E-state index is 12.2. The summed E-state index contributed by atoms with van der Waals surface area (Å²) in [5, 5.41) is 11.1. The summed E-state index contributed by atoms with van der Waals surface area (Å²) in [6.07, 6.45) is 3.88. The van der Waals surface area contributed by atoms with Gasteiger partial charge in [0.2, 0.25) is 11.5 Å². The third-order valence-corrected chi connectivity index (χ3v) is 8.52. The summed E-state index contributed by atoms with van der Waals surface area (Å²) in [5.74, 6) is 0.275. The standard InChI is InChI=1S/C22H29NO6/c1-5-6-7-21-14-8-12-15-10(2)17(18-16(26-4)11(3)20(25)27-18)29-22(15,28-14)19(21)13(24)9-23(12)21/h10,12-15,19,24H,5-9H2,1-4H3. The summed E-state index contributed by atoms with van der Waals surface area (Å²) in [6, 6.07) is 0.320. The molecule has 0 aromatic heterocycles. The predicted octanol–water partition coefficient (Wildman–Crippen LogP) is 2.06. The van der Waals surface area contributed by atoms with Crippen LogP contribution < -0.4 is 0 Å². The lowest BCUT2D eigenvalue weighted by molar-refractivity contribution is -0.263. The van der Waals surface area contributed by atoms with Crippen LogP contribution in [0.25, 0.3) is 0 Å². The van der Waals surface area contributed by atoms with Crippen molar-refractivity contribution in [3.63, 3.8) is 0 Å². The zero-order valence-electron chi connectivity index (χ0n) is 17.4. The fourth-order valence-corrected chi connectivity index (χ4v) is 7.65. The number of fused-ring (bicyclic) bond motifs is 1. The van der Waals surface area contributed by atoms with Gasteiger partial charge in [-0.3, -0.25) is 4.90 Å². The number of methoxy groups -OCH3 is 1. The number of aliphatic hydroxyl groups is 1. The van der Waals surface area contributed by atoms with Gasteiger partial charge in [0.1, 0.15) is 5.76 Å². The Labute approximate surface area is 170 Å². The van der Waals surface area contributed by atoms with Gasteiger partial charge in [0.05, 0.1) is 42.3 Å². The Bertz CT molecular complexity index is 865. The number of nitrogens with zero attached hydrogens (tertiary/aromatic N) is 1. The number of cyclic esters (lactones) is 1. The van der Waals surface area contributed by atoms with Gasteiger partial charge >= 0.3 is 5.97 Å². The smallest absolute Gasteiger partial charge is 0.343 e. The van der Waals surface area contributed by atoms with Gasteiger partial charge in [-0.05, 0) is 19.8 Å². The third kappa shape index (κ3) is 1.81. The van der Waals surface area contributed by atoms with Crippen LogP contribution in [0.2, 0.25) is 0 Å². The average molecular weight is 403 g/mol. The van der Waals surface area contributed by atoms with Gasteiger partial charge in [-0.1, -0.05) is 26.7 Å². The lowest BCUT2D eigenvalue weighted by atomic mass is 9.69. The highest BCUT2D eigenvalue weighted by atomic mass is 16.7. The minimum atomic E-state index is -0.836. The Morgan fingerprint density at radius 3 is 2.90 bits per heavy atom. The quantitative estimate of drug-likeness (QED) is 0.720. The van der Waals surface area contributed by atoms with Gasteiger partial charge in [-0.25, -0.2) is 4.79 Å². The van der Waals surface area contributed by atoms with Crippen LogP contribution in [0.3, 0.4) is 0 Å². The molecule has 0 radical (unpaired) electrons. The minimum absolute atomic E-state index is 0.0115. The molecular weight excluding hydrogens is 374 g/mol. The summed E-state index contributed by atoms with van der Waals surface area (Å²) in [5.41, 5.74) is 0.330. The molecule has 0 amide bonds. The first-order valence-electron chi connectivity index (χ1n) is 10.9. The molecule has 5 fully saturated rings. The molecule has 1 N–H and O–H groups in total. The Kier molecular flexibility index (Phi) is 3.49. The normalized spacial score (nSPS) is 53.7. The van der Waals surface area contributed by atoms with Crippen molar-refractivity contribution in [2.24, 2.45) is 17.8 Å². The molecule has 0 saturated carbocycles. The average Bonchev–Trinajstić information content (AvgIpc) is 3.37. The molecule has 9 unspecified atom stereocenters. The van der Waals surface area contributed by atoms with Crippen LogP contribution >= 0.6 is 0 Å². The van der Waals surface area contributed by atoms with Crippen molar-refractivity contribution in [2.75, 3.05) is 13.7 Å². The van der Waals surface area contributed by atoms with Gasteiger partial charge < -0.3 is 24.1 Å². The molecule has 158 valence electrons. The van der Waals surface area contributed by atoms with Crippen molar-refractivity contribution in [3.8, 4) is 0 Å². The Morgan fingerprint density at radius 1 is 1.38 bits per heavy atom. The van der Waals surface area contributed by atoms with Crippen molar-refractivity contribution < 1.29 is 28.8 Å². The molecule has 6 aliphatic rings. The van der Waals surface area contributed by atoms with Crippen LogP contribution in [0.15, 0.2) is 22.9 Å². The van der Waals surface area contributed by atoms with E-state index in [4.69, 9.17) is 18.9 Å². The Balaban J connectivity index is 1.48. The Hall–Kier alpha value is -1.57. The number of β-amino-alcohol motifs (C(OH)–C–C–N with tert-alkyl or cyclic N) is 1. The van der Waals surface area contributed by atoms with Crippen LogP contribution in [0, 0.1) is 17.8 Å². The lowest BCUT2D eigenvalue weighted by Gasteiger charge is -2.48. The number of piperidine rings is 1. The second-order valence-corrected chi connectivity index (χ2v) is 9.58. The molecular formula is C22H29NO6. The van der Waals surface area contributed by atoms with Gasteiger partial charge in [-0.15, -0.1) is 0 Å². The van der Waals surface area contributed by atoms with Crippen molar-refractivity contribution >= 4 is 5.97 Å². The highest BCUT2D eigenvalue weighted by Gasteiger charge is 2.86. The number of carbonyl (C=O) groups is 1. The van der Waals surface area contributed by atoms with E-state index in [1.165, 1.54) is 0 Å². The number of esters is 1. The summed E-state index contributed by atoms with van der Waals surface area (Å²) < 4.78 is 24.4. The molecule has 0 aromatic carbocycles.